The molecular weight excluding hydrogens is 298 g/mol. The van der Waals surface area contributed by atoms with Gasteiger partial charge in [0.1, 0.15) is 12.1 Å². The number of carbonyl (C=O) groups excluding carboxylic acids is 1. The van der Waals surface area contributed by atoms with Gasteiger partial charge in [-0.3, -0.25) is 9.79 Å². The molecule has 1 aliphatic rings. The Hall–Kier alpha value is -2.41. The minimum absolute atomic E-state index is 0.00481. The van der Waals surface area contributed by atoms with Crippen LogP contribution in [-0.2, 0) is 16.1 Å². The number of alkyl carbamates (subject to hydrolysis) is 1. The molecule has 2 atom stereocenters. The summed E-state index contributed by atoms with van der Waals surface area (Å²) < 4.78 is 5.09. The van der Waals surface area contributed by atoms with Crippen LogP contribution in [0.4, 0.5) is 10.5 Å². The highest BCUT2D eigenvalue weighted by Crippen LogP contribution is 2.44. The number of nitrogens with one attached hydrogen (secondary N) is 1. The van der Waals surface area contributed by atoms with Gasteiger partial charge in [0.2, 0.25) is 0 Å². The summed E-state index contributed by atoms with van der Waals surface area (Å²) in [4.78, 5) is 26.2. The fourth-order valence-corrected chi connectivity index (χ4v) is 2.41. The molecule has 0 saturated heterocycles. The molecule has 0 heterocycles. The Kier molecular flexibility index (Phi) is 5.33. The third kappa shape index (κ3) is 4.53. The number of carboxylic acids is 1. The highest BCUT2D eigenvalue weighted by Gasteiger charge is 2.56. The van der Waals surface area contributed by atoms with Gasteiger partial charge in [-0.05, 0) is 49.6 Å². The van der Waals surface area contributed by atoms with E-state index in [1.165, 1.54) is 0 Å². The first-order valence-electron chi connectivity index (χ1n) is 7.44. The van der Waals surface area contributed by atoms with Crippen LogP contribution in [0.25, 0.3) is 0 Å². The zero-order valence-corrected chi connectivity index (χ0v) is 12.8. The van der Waals surface area contributed by atoms with E-state index in [2.05, 4.69) is 17.0 Å². The van der Waals surface area contributed by atoms with Gasteiger partial charge in [-0.2, -0.15) is 0 Å². The van der Waals surface area contributed by atoms with Crippen LogP contribution in [0.2, 0.25) is 0 Å². The minimum atomic E-state index is -1.06. The Morgan fingerprint density at radius 3 is 2.70 bits per heavy atom. The molecule has 0 spiro atoms. The van der Waals surface area contributed by atoms with E-state index in [1.807, 2.05) is 12.1 Å². The third-order valence-electron chi connectivity index (χ3n) is 4.04. The first-order chi connectivity index (χ1) is 11.0. The zero-order valence-electron chi connectivity index (χ0n) is 12.8. The lowest BCUT2D eigenvalue weighted by molar-refractivity contribution is -0.140. The highest BCUT2D eigenvalue weighted by molar-refractivity contribution is 5.82. The van der Waals surface area contributed by atoms with Crippen molar-refractivity contribution >= 4 is 24.5 Å². The smallest absolute Gasteiger partial charge is 0.407 e. The predicted molar refractivity (Wildman–Crippen MR) is 85.7 cm³/mol. The van der Waals surface area contributed by atoms with Crippen LogP contribution >= 0.6 is 0 Å². The highest BCUT2D eigenvalue weighted by atomic mass is 16.5. The van der Waals surface area contributed by atoms with Gasteiger partial charge >= 0.3 is 12.1 Å². The Morgan fingerprint density at radius 1 is 1.43 bits per heavy atom. The number of rotatable bonds is 8. The topological polar surface area (TPSA) is 114 Å². The summed E-state index contributed by atoms with van der Waals surface area (Å²) in [5.41, 5.74) is 6.24. The van der Waals surface area contributed by atoms with Gasteiger partial charge in [0.25, 0.3) is 0 Å². The second-order valence-corrected chi connectivity index (χ2v) is 5.72. The van der Waals surface area contributed by atoms with Crippen molar-refractivity contribution < 1.29 is 19.4 Å². The predicted octanol–water partition coefficient (Wildman–Crippen LogP) is 1.83. The monoisotopic (exact) mass is 319 g/mol. The summed E-state index contributed by atoms with van der Waals surface area (Å²) in [6.45, 7) is 4.04. The van der Waals surface area contributed by atoms with Crippen LogP contribution in [0.3, 0.4) is 0 Å². The van der Waals surface area contributed by atoms with Gasteiger partial charge in [0.15, 0.2) is 0 Å². The van der Waals surface area contributed by atoms with E-state index < -0.39 is 17.6 Å². The Morgan fingerprint density at radius 2 is 2.13 bits per heavy atom. The molecular formula is C16H21N3O4. The van der Waals surface area contributed by atoms with E-state index in [4.69, 9.17) is 15.6 Å². The molecule has 7 heteroatoms. The number of benzene rings is 1. The minimum Gasteiger partial charge on any atom is -0.480 e. The number of hydrogen-bond donors (Lipinski definition) is 3. The van der Waals surface area contributed by atoms with Gasteiger partial charge in [0, 0.05) is 6.54 Å². The third-order valence-corrected chi connectivity index (χ3v) is 4.04. The summed E-state index contributed by atoms with van der Waals surface area (Å²) in [6, 6.07) is 7.22. The van der Waals surface area contributed by atoms with Crippen molar-refractivity contribution in [2.45, 2.75) is 31.4 Å². The summed E-state index contributed by atoms with van der Waals surface area (Å²) in [5.74, 6) is -0.956. The molecule has 1 aromatic carbocycles. The lowest BCUT2D eigenvalue weighted by Crippen LogP contribution is -2.35. The van der Waals surface area contributed by atoms with E-state index in [0.717, 1.165) is 11.3 Å². The molecule has 7 nitrogen and oxygen atoms in total. The van der Waals surface area contributed by atoms with Crippen molar-refractivity contribution in [1.29, 1.82) is 0 Å². The molecule has 1 amide bonds. The number of aliphatic imine (C=N–C) groups is 1. The molecule has 1 saturated carbocycles. The maximum Gasteiger partial charge on any atom is 0.407 e. The maximum atomic E-state index is 11.6. The van der Waals surface area contributed by atoms with Crippen molar-refractivity contribution in [2.75, 3.05) is 6.54 Å². The summed E-state index contributed by atoms with van der Waals surface area (Å²) in [7, 11) is 0. The molecule has 0 aliphatic heterocycles. The van der Waals surface area contributed by atoms with Gasteiger partial charge in [0.05, 0.1) is 5.69 Å². The second-order valence-electron chi connectivity index (χ2n) is 5.72. The van der Waals surface area contributed by atoms with Crippen molar-refractivity contribution in [1.82, 2.24) is 5.32 Å². The van der Waals surface area contributed by atoms with E-state index in [9.17, 15) is 9.59 Å². The summed E-state index contributed by atoms with van der Waals surface area (Å²) in [5, 5.41) is 11.6. The van der Waals surface area contributed by atoms with E-state index >= 15 is 0 Å². The Balaban J connectivity index is 1.58. The first kappa shape index (κ1) is 17.0. The summed E-state index contributed by atoms with van der Waals surface area (Å²) in [6.07, 6.45) is 1.36. The fraction of sp³-hybridized carbons (Fsp3) is 0.438. The number of aliphatic carboxylic acids is 1. The van der Waals surface area contributed by atoms with E-state index in [0.29, 0.717) is 25.8 Å². The molecule has 4 N–H and O–H groups in total. The quantitative estimate of drug-likeness (QED) is 0.499. The number of carbonyl (C=O) groups is 2. The average molecular weight is 319 g/mol. The molecule has 124 valence electrons. The largest absolute Gasteiger partial charge is 0.480 e. The SMILES string of the molecule is C=Nc1ccc(COC(=O)NCCC[C@@H]2CC2(N)C(=O)O)cc1. The molecule has 1 aliphatic carbocycles. The summed E-state index contributed by atoms with van der Waals surface area (Å²) >= 11 is 0. The molecule has 0 radical (unpaired) electrons. The molecule has 0 bridgehead atoms. The van der Waals surface area contributed by atoms with Crippen LogP contribution in [0, 0.1) is 5.92 Å². The average Bonchev–Trinajstić information content (AvgIpc) is 3.22. The van der Waals surface area contributed by atoms with Crippen molar-refractivity contribution in [2.24, 2.45) is 16.6 Å². The van der Waals surface area contributed by atoms with Crippen LogP contribution in [0.5, 0.6) is 0 Å². The number of ether oxygens (including phenoxy) is 1. The second kappa shape index (κ2) is 7.23. The fourth-order valence-electron chi connectivity index (χ4n) is 2.41. The van der Waals surface area contributed by atoms with E-state index in [-0.39, 0.29) is 12.5 Å². The van der Waals surface area contributed by atoms with Crippen molar-refractivity contribution in [3.05, 3.63) is 29.8 Å². The zero-order chi connectivity index (χ0) is 16.9. The first-order valence-corrected chi connectivity index (χ1v) is 7.44. The van der Waals surface area contributed by atoms with Crippen LogP contribution in [0.1, 0.15) is 24.8 Å². The molecule has 1 unspecified atom stereocenters. The molecule has 23 heavy (non-hydrogen) atoms. The Labute approximate surface area is 134 Å². The number of hydrogen-bond acceptors (Lipinski definition) is 5. The van der Waals surface area contributed by atoms with Crippen molar-refractivity contribution in [3.63, 3.8) is 0 Å². The number of nitrogens with two attached hydrogens (primary N) is 1. The van der Waals surface area contributed by atoms with Crippen LogP contribution in [0.15, 0.2) is 29.3 Å². The van der Waals surface area contributed by atoms with Gasteiger partial charge in [-0.25, -0.2) is 4.79 Å². The van der Waals surface area contributed by atoms with E-state index in [1.54, 1.807) is 12.1 Å². The maximum absolute atomic E-state index is 11.6. The lowest BCUT2D eigenvalue weighted by Gasteiger charge is -2.08. The Bertz CT molecular complexity index is 587. The number of amides is 1. The molecule has 0 aromatic heterocycles. The van der Waals surface area contributed by atoms with Gasteiger partial charge in [-0.1, -0.05) is 12.1 Å². The molecule has 2 rings (SSSR count). The standard InChI is InChI=1S/C16H21N3O4/c1-18-13-6-4-11(5-7-13)10-23-15(22)19-8-2-3-12-9-16(12,17)14(20)21/h4-7,12H,1-3,8-10,17H2,(H,19,22)(H,20,21)/t12-,16?/m1/s1. The lowest BCUT2D eigenvalue weighted by atomic mass is 10.1. The number of nitrogens with zero attached hydrogens (tertiary/aromatic N) is 1. The normalized spacial score (nSPS) is 22.2. The molecule has 1 aromatic rings. The van der Waals surface area contributed by atoms with Crippen LogP contribution < -0.4 is 11.1 Å². The molecule has 1 fully saturated rings. The van der Waals surface area contributed by atoms with Gasteiger partial charge < -0.3 is 20.9 Å². The van der Waals surface area contributed by atoms with Crippen molar-refractivity contribution in [3.8, 4) is 0 Å². The van der Waals surface area contributed by atoms with Gasteiger partial charge in [-0.15, -0.1) is 0 Å². The van der Waals surface area contributed by atoms with Crippen LogP contribution in [-0.4, -0.2) is 36.0 Å². The number of carboxylic acid groups (broad SMARTS) is 1.